The summed E-state index contributed by atoms with van der Waals surface area (Å²) < 4.78 is 1.52. The molecule has 0 amide bonds. The summed E-state index contributed by atoms with van der Waals surface area (Å²) in [5, 5.41) is 19.1. The van der Waals surface area contributed by atoms with Crippen molar-refractivity contribution in [1.82, 2.24) is 20.3 Å². The van der Waals surface area contributed by atoms with Gasteiger partial charge in [0.15, 0.2) is 5.69 Å². The van der Waals surface area contributed by atoms with E-state index in [1.54, 1.807) is 0 Å². The molecule has 0 aromatic carbocycles. The van der Waals surface area contributed by atoms with Crippen molar-refractivity contribution in [2.75, 3.05) is 6.54 Å². The van der Waals surface area contributed by atoms with Crippen molar-refractivity contribution >= 4 is 5.97 Å². The van der Waals surface area contributed by atoms with Gasteiger partial charge in [0.2, 0.25) is 0 Å². The van der Waals surface area contributed by atoms with Crippen LogP contribution >= 0.6 is 0 Å². The maximum atomic E-state index is 10.5. The van der Waals surface area contributed by atoms with Crippen LogP contribution in [0.1, 0.15) is 31.3 Å². The highest BCUT2D eigenvalue weighted by molar-refractivity contribution is 5.84. The Morgan fingerprint density at radius 3 is 2.73 bits per heavy atom. The number of carboxylic acid groups (broad SMARTS) is 1. The fourth-order valence-electron chi connectivity index (χ4n) is 1.05. The fourth-order valence-corrected chi connectivity index (χ4v) is 1.05. The first kappa shape index (κ1) is 11.6. The summed E-state index contributed by atoms with van der Waals surface area (Å²) in [5.41, 5.74) is 0.0293. The molecule has 0 unspecified atom stereocenters. The summed E-state index contributed by atoms with van der Waals surface area (Å²) in [6, 6.07) is 0. The maximum absolute atomic E-state index is 10.5. The molecule has 6 nitrogen and oxygen atoms in total. The number of rotatable bonds is 4. The smallest absolute Gasteiger partial charge is 0.358 e. The Morgan fingerprint density at radius 2 is 2.27 bits per heavy atom. The summed E-state index contributed by atoms with van der Waals surface area (Å²) in [6.07, 6.45) is 1.42. The van der Waals surface area contributed by atoms with Gasteiger partial charge >= 0.3 is 5.97 Å². The summed E-state index contributed by atoms with van der Waals surface area (Å²) in [5.74, 6) is -1.05. The van der Waals surface area contributed by atoms with Crippen molar-refractivity contribution in [3.05, 3.63) is 11.9 Å². The molecular weight excluding hydrogens is 196 g/mol. The molecule has 0 fully saturated rings. The third kappa shape index (κ3) is 4.07. The molecule has 1 heterocycles. The minimum absolute atomic E-state index is 0.0224. The van der Waals surface area contributed by atoms with Crippen molar-refractivity contribution in [3.8, 4) is 0 Å². The van der Waals surface area contributed by atoms with Gasteiger partial charge in [-0.05, 0) is 20.8 Å². The summed E-state index contributed by atoms with van der Waals surface area (Å²) in [7, 11) is 0. The molecule has 0 saturated carbocycles. The van der Waals surface area contributed by atoms with E-state index in [-0.39, 0.29) is 11.2 Å². The van der Waals surface area contributed by atoms with Gasteiger partial charge in [0.05, 0.1) is 12.7 Å². The molecular formula is C9H16N4O2. The van der Waals surface area contributed by atoms with E-state index >= 15 is 0 Å². The Morgan fingerprint density at radius 1 is 1.60 bits per heavy atom. The first-order chi connectivity index (χ1) is 6.88. The highest BCUT2D eigenvalue weighted by atomic mass is 16.4. The van der Waals surface area contributed by atoms with Crippen LogP contribution in [0.15, 0.2) is 6.20 Å². The molecule has 6 heteroatoms. The second kappa shape index (κ2) is 4.39. The van der Waals surface area contributed by atoms with Crippen molar-refractivity contribution in [3.63, 3.8) is 0 Å². The second-order valence-corrected chi connectivity index (χ2v) is 4.35. The van der Waals surface area contributed by atoms with Crippen LogP contribution in [0, 0.1) is 0 Å². The molecule has 0 bridgehead atoms. The lowest BCUT2D eigenvalue weighted by Gasteiger charge is -2.20. The summed E-state index contributed by atoms with van der Waals surface area (Å²) >= 11 is 0. The molecule has 0 saturated heterocycles. The minimum atomic E-state index is -1.05. The zero-order valence-corrected chi connectivity index (χ0v) is 9.19. The van der Waals surface area contributed by atoms with Crippen molar-refractivity contribution < 1.29 is 9.90 Å². The first-order valence-electron chi connectivity index (χ1n) is 4.77. The number of carboxylic acids is 1. The lowest BCUT2D eigenvalue weighted by Crippen LogP contribution is -2.37. The van der Waals surface area contributed by atoms with Gasteiger partial charge < -0.3 is 10.4 Å². The number of hydrogen-bond donors (Lipinski definition) is 2. The van der Waals surface area contributed by atoms with Crippen LogP contribution < -0.4 is 5.32 Å². The van der Waals surface area contributed by atoms with Crippen molar-refractivity contribution in [2.24, 2.45) is 0 Å². The molecule has 1 aromatic heterocycles. The number of carbonyl (C=O) groups is 1. The Hall–Kier alpha value is -1.43. The molecule has 0 aliphatic heterocycles. The summed E-state index contributed by atoms with van der Waals surface area (Å²) in [4.78, 5) is 10.5. The molecule has 0 aliphatic carbocycles. The Labute approximate surface area is 88.3 Å². The van der Waals surface area contributed by atoms with E-state index in [1.165, 1.54) is 10.9 Å². The lowest BCUT2D eigenvalue weighted by atomic mass is 10.1. The number of aromatic nitrogens is 3. The van der Waals surface area contributed by atoms with Gasteiger partial charge in [0, 0.05) is 12.1 Å². The monoisotopic (exact) mass is 212 g/mol. The molecule has 0 spiro atoms. The van der Waals surface area contributed by atoms with Gasteiger partial charge in [0.25, 0.3) is 0 Å². The van der Waals surface area contributed by atoms with E-state index in [2.05, 4.69) is 36.4 Å². The van der Waals surface area contributed by atoms with E-state index in [9.17, 15) is 4.79 Å². The standard InChI is InChI=1S/C9H16N4O2/c1-9(2,3)10-4-5-13-6-7(8(14)15)11-12-13/h6,10H,4-5H2,1-3H3,(H,14,15). The molecule has 1 aromatic rings. The molecule has 15 heavy (non-hydrogen) atoms. The number of nitrogens with zero attached hydrogens (tertiary/aromatic N) is 3. The average molecular weight is 212 g/mol. The Balaban J connectivity index is 2.41. The SMILES string of the molecule is CC(C)(C)NCCn1cc(C(=O)O)nn1. The van der Waals surface area contributed by atoms with E-state index in [4.69, 9.17) is 5.11 Å². The number of nitrogens with one attached hydrogen (secondary N) is 1. The molecule has 0 aliphatic rings. The van der Waals surface area contributed by atoms with Gasteiger partial charge in [-0.25, -0.2) is 4.79 Å². The van der Waals surface area contributed by atoms with Gasteiger partial charge in [-0.2, -0.15) is 0 Å². The van der Waals surface area contributed by atoms with Crippen LogP contribution in [-0.2, 0) is 6.54 Å². The topological polar surface area (TPSA) is 80.0 Å². The average Bonchev–Trinajstić information content (AvgIpc) is 2.50. The van der Waals surface area contributed by atoms with Crippen molar-refractivity contribution in [1.29, 1.82) is 0 Å². The van der Waals surface area contributed by atoms with Gasteiger partial charge in [-0.15, -0.1) is 5.10 Å². The normalized spacial score (nSPS) is 11.7. The van der Waals surface area contributed by atoms with Crippen molar-refractivity contribution in [2.45, 2.75) is 32.9 Å². The Kier molecular flexibility index (Phi) is 3.41. The third-order valence-electron chi connectivity index (χ3n) is 1.75. The predicted octanol–water partition coefficient (Wildman–Crippen LogP) is 0.364. The quantitative estimate of drug-likeness (QED) is 0.753. The van der Waals surface area contributed by atoms with E-state index in [0.717, 1.165) is 6.54 Å². The first-order valence-corrected chi connectivity index (χ1v) is 4.77. The van der Waals surface area contributed by atoms with E-state index < -0.39 is 5.97 Å². The lowest BCUT2D eigenvalue weighted by molar-refractivity contribution is 0.0690. The molecule has 84 valence electrons. The molecule has 1 rings (SSSR count). The zero-order chi connectivity index (χ0) is 11.5. The highest BCUT2D eigenvalue weighted by Crippen LogP contribution is 1.98. The zero-order valence-electron chi connectivity index (χ0n) is 9.19. The highest BCUT2D eigenvalue weighted by Gasteiger charge is 2.10. The third-order valence-corrected chi connectivity index (χ3v) is 1.75. The van der Waals surface area contributed by atoms with Crippen LogP contribution in [0.2, 0.25) is 0 Å². The largest absolute Gasteiger partial charge is 0.476 e. The Bertz CT molecular complexity index is 340. The minimum Gasteiger partial charge on any atom is -0.476 e. The summed E-state index contributed by atoms with van der Waals surface area (Å²) in [6.45, 7) is 7.54. The van der Waals surface area contributed by atoms with Gasteiger partial charge in [-0.3, -0.25) is 4.68 Å². The van der Waals surface area contributed by atoms with E-state index in [0.29, 0.717) is 6.54 Å². The molecule has 0 radical (unpaired) electrons. The van der Waals surface area contributed by atoms with Crippen LogP contribution in [0.5, 0.6) is 0 Å². The van der Waals surface area contributed by atoms with Crippen LogP contribution in [-0.4, -0.2) is 38.2 Å². The number of hydrogen-bond acceptors (Lipinski definition) is 4. The van der Waals surface area contributed by atoms with Crippen LogP contribution in [0.25, 0.3) is 0 Å². The number of aromatic carboxylic acids is 1. The van der Waals surface area contributed by atoms with Gasteiger partial charge in [-0.1, -0.05) is 5.21 Å². The predicted molar refractivity (Wildman–Crippen MR) is 54.7 cm³/mol. The van der Waals surface area contributed by atoms with Gasteiger partial charge in [0.1, 0.15) is 0 Å². The fraction of sp³-hybridized carbons (Fsp3) is 0.667. The molecule has 0 atom stereocenters. The maximum Gasteiger partial charge on any atom is 0.358 e. The second-order valence-electron chi connectivity index (χ2n) is 4.35. The van der Waals surface area contributed by atoms with Crippen LogP contribution in [0.3, 0.4) is 0 Å². The van der Waals surface area contributed by atoms with Crippen LogP contribution in [0.4, 0.5) is 0 Å². The molecule has 2 N–H and O–H groups in total. The van der Waals surface area contributed by atoms with E-state index in [1.807, 2.05) is 0 Å².